The molecule has 4 aliphatic heterocycles. The lowest BCUT2D eigenvalue weighted by Crippen LogP contribution is -2.77. The third-order valence-corrected chi connectivity index (χ3v) is 10.0. The van der Waals surface area contributed by atoms with Gasteiger partial charge in [0.25, 0.3) is 11.8 Å². The Hall–Kier alpha value is -2.05. The van der Waals surface area contributed by atoms with Crippen LogP contribution in [0, 0.1) is 11.3 Å². The number of nitriles is 1. The molecule has 1 aliphatic carbocycles. The Morgan fingerprint density at radius 1 is 1.23 bits per heavy atom. The first-order valence-electron chi connectivity index (χ1n) is 10.3. The molecule has 2 amide bonds. The van der Waals surface area contributed by atoms with Crippen LogP contribution in [0.2, 0.25) is 0 Å². The largest absolute Gasteiger partial charge is 0.454 e. The molecule has 5 aliphatic rings. The fourth-order valence-electron chi connectivity index (χ4n) is 4.70. The van der Waals surface area contributed by atoms with E-state index in [-0.39, 0.29) is 37.1 Å². The van der Waals surface area contributed by atoms with E-state index in [2.05, 4.69) is 6.07 Å². The Bertz CT molecular complexity index is 962. The van der Waals surface area contributed by atoms with Crippen LogP contribution in [-0.2, 0) is 9.59 Å². The van der Waals surface area contributed by atoms with Gasteiger partial charge in [0.1, 0.15) is 0 Å². The van der Waals surface area contributed by atoms with Crippen LogP contribution in [0.25, 0.3) is 0 Å². The van der Waals surface area contributed by atoms with E-state index in [4.69, 9.17) is 9.47 Å². The maximum atomic E-state index is 13.9. The minimum Gasteiger partial charge on any atom is -0.454 e. The number of ether oxygens (including phenoxy) is 2. The van der Waals surface area contributed by atoms with Gasteiger partial charge in [0.15, 0.2) is 21.2 Å². The average molecular weight is 446 g/mol. The number of hydrogen-bond donors (Lipinski definition) is 0. The predicted octanol–water partition coefficient (Wildman–Crippen LogP) is 3.81. The zero-order valence-electron chi connectivity index (χ0n) is 16.9. The van der Waals surface area contributed by atoms with Crippen molar-refractivity contribution in [1.82, 2.24) is 9.80 Å². The summed E-state index contributed by atoms with van der Waals surface area (Å²) < 4.78 is 11.0. The standard InChI is InChI=1S/C21H23N3O4S2/c1-3-15(13-5-8-16-17(11-13)28-12-27-16)24-18(25)20(2)23(14-6-7-14)19(26)21(24,30-29-20)9-4-10-22/h5,8,11,14-15H,3-4,6-7,9,12H2,1-2H3/t15-,20-,21?/m1/s1. The van der Waals surface area contributed by atoms with E-state index in [1.54, 1.807) is 4.90 Å². The highest BCUT2D eigenvalue weighted by Gasteiger charge is 2.70. The van der Waals surface area contributed by atoms with Crippen LogP contribution >= 0.6 is 21.6 Å². The van der Waals surface area contributed by atoms with Crippen molar-refractivity contribution in [2.75, 3.05) is 6.79 Å². The highest BCUT2D eigenvalue weighted by atomic mass is 33.1. The van der Waals surface area contributed by atoms with Crippen molar-refractivity contribution in [2.45, 2.75) is 67.8 Å². The smallest absolute Gasteiger partial charge is 0.261 e. The van der Waals surface area contributed by atoms with Crippen LogP contribution in [0.5, 0.6) is 11.5 Å². The first-order chi connectivity index (χ1) is 14.5. The molecule has 3 atom stereocenters. The van der Waals surface area contributed by atoms with Gasteiger partial charge in [-0.15, -0.1) is 0 Å². The van der Waals surface area contributed by atoms with Crippen molar-refractivity contribution in [3.8, 4) is 17.6 Å². The molecule has 4 heterocycles. The molecule has 0 aromatic heterocycles. The molecule has 158 valence electrons. The van der Waals surface area contributed by atoms with Gasteiger partial charge in [-0.05, 0) is 43.9 Å². The topological polar surface area (TPSA) is 82.9 Å². The van der Waals surface area contributed by atoms with Crippen molar-refractivity contribution < 1.29 is 19.1 Å². The van der Waals surface area contributed by atoms with Crippen LogP contribution in [-0.4, -0.2) is 44.2 Å². The lowest BCUT2D eigenvalue weighted by Gasteiger charge is -2.61. The van der Waals surface area contributed by atoms with Crippen LogP contribution < -0.4 is 9.47 Å². The van der Waals surface area contributed by atoms with E-state index in [0.717, 1.165) is 18.4 Å². The number of rotatable bonds is 6. The SMILES string of the molecule is CC[C@H](c1ccc2c(c1)OCO2)N1C(=O)[C@@]2(C)SSC1(CCC#N)C(=O)N2C1CC1. The number of hydrogen-bond acceptors (Lipinski definition) is 7. The van der Waals surface area contributed by atoms with Gasteiger partial charge in [-0.1, -0.05) is 34.6 Å². The quantitative estimate of drug-likeness (QED) is 0.616. The minimum absolute atomic E-state index is 0.0229. The number of carbonyl (C=O) groups is 2. The highest BCUT2D eigenvalue weighted by Crippen LogP contribution is 2.64. The number of fused-ring (bicyclic) bond motifs is 4. The molecule has 3 saturated heterocycles. The van der Waals surface area contributed by atoms with E-state index in [1.165, 1.54) is 21.6 Å². The Balaban J connectivity index is 1.60. The molecule has 2 bridgehead atoms. The van der Waals surface area contributed by atoms with E-state index < -0.39 is 9.74 Å². The average Bonchev–Trinajstić information content (AvgIpc) is 3.46. The maximum absolute atomic E-state index is 13.9. The van der Waals surface area contributed by atoms with E-state index in [1.807, 2.05) is 36.9 Å². The normalized spacial score (nSPS) is 30.6. The summed E-state index contributed by atoms with van der Waals surface area (Å²) in [7, 11) is 2.93. The van der Waals surface area contributed by atoms with Crippen molar-refractivity contribution in [3.05, 3.63) is 23.8 Å². The summed E-state index contributed by atoms with van der Waals surface area (Å²) in [5, 5.41) is 9.29. The monoisotopic (exact) mass is 445 g/mol. The molecule has 30 heavy (non-hydrogen) atoms. The Morgan fingerprint density at radius 3 is 2.70 bits per heavy atom. The second kappa shape index (κ2) is 6.99. The third kappa shape index (κ3) is 2.66. The van der Waals surface area contributed by atoms with Gasteiger partial charge in [0.05, 0.1) is 12.1 Å². The number of benzene rings is 1. The van der Waals surface area contributed by atoms with Crippen molar-refractivity contribution in [3.63, 3.8) is 0 Å². The summed E-state index contributed by atoms with van der Waals surface area (Å²) in [6.45, 7) is 4.08. The Kier molecular flexibility index (Phi) is 4.63. The van der Waals surface area contributed by atoms with Crippen LogP contribution in [0.15, 0.2) is 18.2 Å². The zero-order valence-corrected chi connectivity index (χ0v) is 18.6. The molecular formula is C21H23N3O4S2. The minimum atomic E-state index is -1.06. The van der Waals surface area contributed by atoms with Gasteiger partial charge >= 0.3 is 0 Å². The molecule has 0 radical (unpaired) electrons. The fourth-order valence-corrected chi connectivity index (χ4v) is 8.19. The molecule has 1 aromatic carbocycles. The van der Waals surface area contributed by atoms with E-state index >= 15 is 0 Å². The van der Waals surface area contributed by atoms with Gasteiger partial charge in [0.2, 0.25) is 6.79 Å². The lowest BCUT2D eigenvalue weighted by atomic mass is 9.92. The first-order valence-corrected chi connectivity index (χ1v) is 12.4. The highest BCUT2D eigenvalue weighted by molar-refractivity contribution is 8.78. The number of piperazine rings is 1. The molecule has 1 aromatic rings. The molecule has 1 saturated carbocycles. The van der Waals surface area contributed by atoms with Crippen molar-refractivity contribution >= 4 is 33.4 Å². The summed E-state index contributed by atoms with van der Waals surface area (Å²) in [5.74, 6) is 1.28. The van der Waals surface area contributed by atoms with Gasteiger partial charge < -0.3 is 19.3 Å². The summed E-state index contributed by atoms with van der Waals surface area (Å²) in [6.07, 6.45) is 3.07. The molecular weight excluding hydrogens is 422 g/mol. The predicted molar refractivity (Wildman–Crippen MR) is 113 cm³/mol. The van der Waals surface area contributed by atoms with Gasteiger partial charge in [-0.25, -0.2) is 0 Å². The van der Waals surface area contributed by atoms with Gasteiger partial charge in [0, 0.05) is 18.9 Å². The Morgan fingerprint density at radius 2 is 2.00 bits per heavy atom. The fraction of sp³-hybridized carbons (Fsp3) is 0.571. The molecule has 4 fully saturated rings. The Labute approximate surface area is 183 Å². The van der Waals surface area contributed by atoms with Crippen molar-refractivity contribution in [1.29, 1.82) is 5.26 Å². The molecule has 1 unspecified atom stereocenters. The van der Waals surface area contributed by atoms with Crippen molar-refractivity contribution in [2.24, 2.45) is 0 Å². The second-order valence-corrected chi connectivity index (χ2v) is 11.0. The van der Waals surface area contributed by atoms with Crippen LogP contribution in [0.3, 0.4) is 0 Å². The maximum Gasteiger partial charge on any atom is 0.261 e. The molecule has 0 N–H and O–H groups in total. The summed E-state index contributed by atoms with van der Waals surface area (Å²) in [5.41, 5.74) is 0.916. The molecule has 7 nitrogen and oxygen atoms in total. The number of carbonyl (C=O) groups excluding carboxylic acids is 2. The van der Waals surface area contributed by atoms with Gasteiger partial charge in [-0.2, -0.15) is 5.26 Å². The number of amides is 2. The van der Waals surface area contributed by atoms with E-state index in [9.17, 15) is 14.9 Å². The summed E-state index contributed by atoms with van der Waals surface area (Å²) in [6, 6.07) is 7.74. The van der Waals surface area contributed by atoms with E-state index in [0.29, 0.717) is 24.3 Å². The van der Waals surface area contributed by atoms with Gasteiger partial charge in [-0.3, -0.25) is 9.59 Å². The first kappa shape index (κ1) is 19.9. The summed E-state index contributed by atoms with van der Waals surface area (Å²) >= 11 is 0. The third-order valence-electron chi connectivity index (χ3n) is 6.33. The zero-order chi connectivity index (χ0) is 21.1. The van der Waals surface area contributed by atoms with Crippen LogP contribution in [0.4, 0.5) is 0 Å². The van der Waals surface area contributed by atoms with Crippen LogP contribution in [0.1, 0.15) is 57.6 Å². The second-order valence-electron chi connectivity index (χ2n) is 8.21. The molecule has 6 rings (SSSR count). The summed E-state index contributed by atoms with van der Waals surface area (Å²) in [4.78, 5) is 29.4. The lowest BCUT2D eigenvalue weighted by molar-refractivity contribution is -0.171. The number of nitrogens with zero attached hydrogens (tertiary/aromatic N) is 3. The molecule has 0 spiro atoms. The molecule has 9 heteroatoms.